The average Bonchev–Trinajstić information content (AvgIpc) is 2.69. The molecule has 3 N–H and O–H groups in total. The van der Waals surface area contributed by atoms with Crippen molar-refractivity contribution >= 4 is 41.5 Å². The number of aliphatic imine (C=N–C) groups is 1. The topological polar surface area (TPSA) is 65.5 Å². The molecular formula is C23H33IN4O. The van der Waals surface area contributed by atoms with E-state index in [-0.39, 0.29) is 35.3 Å². The molecule has 0 aliphatic rings. The third kappa shape index (κ3) is 8.43. The van der Waals surface area contributed by atoms with Crippen LogP contribution in [0.5, 0.6) is 0 Å². The maximum Gasteiger partial charge on any atom is 0.224 e. The van der Waals surface area contributed by atoms with Crippen molar-refractivity contribution in [1.29, 1.82) is 0 Å². The third-order valence-electron chi connectivity index (χ3n) is 4.62. The second-order valence-electron chi connectivity index (χ2n) is 7.53. The van der Waals surface area contributed by atoms with Crippen LogP contribution in [-0.2, 0) is 16.8 Å². The Hall–Kier alpha value is -2.09. The van der Waals surface area contributed by atoms with Gasteiger partial charge in [-0.25, -0.2) is 0 Å². The van der Waals surface area contributed by atoms with Crippen molar-refractivity contribution in [3.8, 4) is 0 Å². The fraction of sp³-hybridized carbons (Fsp3) is 0.391. The number of amides is 1. The van der Waals surface area contributed by atoms with Crippen LogP contribution in [-0.4, -0.2) is 25.5 Å². The van der Waals surface area contributed by atoms with E-state index in [0.717, 1.165) is 30.2 Å². The maximum atomic E-state index is 11.8. The summed E-state index contributed by atoms with van der Waals surface area (Å²) < 4.78 is 0. The van der Waals surface area contributed by atoms with Gasteiger partial charge in [-0.15, -0.1) is 24.0 Å². The van der Waals surface area contributed by atoms with Gasteiger partial charge in [0.1, 0.15) is 0 Å². The zero-order valence-electron chi connectivity index (χ0n) is 17.8. The second-order valence-corrected chi connectivity index (χ2v) is 7.53. The van der Waals surface area contributed by atoms with E-state index in [1.54, 1.807) is 7.05 Å². The molecule has 0 saturated carbocycles. The number of guanidine groups is 1. The van der Waals surface area contributed by atoms with Crippen LogP contribution in [0.3, 0.4) is 0 Å². The van der Waals surface area contributed by atoms with Crippen LogP contribution < -0.4 is 16.0 Å². The van der Waals surface area contributed by atoms with Crippen molar-refractivity contribution in [2.45, 2.75) is 45.6 Å². The van der Waals surface area contributed by atoms with Gasteiger partial charge in [-0.1, -0.05) is 63.2 Å². The predicted molar refractivity (Wildman–Crippen MR) is 133 cm³/mol. The molecule has 6 heteroatoms. The van der Waals surface area contributed by atoms with E-state index in [9.17, 15) is 4.79 Å². The highest BCUT2D eigenvalue weighted by Crippen LogP contribution is 2.21. The molecule has 29 heavy (non-hydrogen) atoms. The molecule has 0 aromatic heterocycles. The molecule has 0 aliphatic carbocycles. The van der Waals surface area contributed by atoms with Gasteiger partial charge in [0.05, 0.1) is 0 Å². The minimum Gasteiger partial charge on any atom is -0.356 e. The number of nitrogens with one attached hydrogen (secondary N) is 3. The monoisotopic (exact) mass is 508 g/mol. The van der Waals surface area contributed by atoms with Gasteiger partial charge in [0.15, 0.2) is 5.96 Å². The summed E-state index contributed by atoms with van der Waals surface area (Å²) >= 11 is 0. The summed E-state index contributed by atoms with van der Waals surface area (Å²) in [4.78, 5) is 16.1. The fourth-order valence-electron chi connectivity index (χ4n) is 2.91. The Labute approximate surface area is 191 Å². The van der Waals surface area contributed by atoms with Crippen LogP contribution in [0, 0.1) is 0 Å². The minimum atomic E-state index is -0.0116. The van der Waals surface area contributed by atoms with Gasteiger partial charge < -0.3 is 16.0 Å². The SMILES string of the molecule is CCCC(=O)Nc1cccc(CNC(=NC)NCC(C)(C)c2ccccc2)c1.I. The maximum absolute atomic E-state index is 11.8. The number of carbonyl (C=O) groups is 1. The summed E-state index contributed by atoms with van der Waals surface area (Å²) in [5, 5.41) is 9.69. The van der Waals surface area contributed by atoms with Crippen molar-refractivity contribution in [2.24, 2.45) is 4.99 Å². The van der Waals surface area contributed by atoms with Crippen LogP contribution in [0.4, 0.5) is 5.69 Å². The van der Waals surface area contributed by atoms with Crippen molar-refractivity contribution in [2.75, 3.05) is 18.9 Å². The van der Waals surface area contributed by atoms with Crippen molar-refractivity contribution in [1.82, 2.24) is 10.6 Å². The highest BCUT2D eigenvalue weighted by molar-refractivity contribution is 14.0. The highest BCUT2D eigenvalue weighted by Gasteiger charge is 2.20. The van der Waals surface area contributed by atoms with Gasteiger partial charge in [-0.05, 0) is 29.7 Å². The smallest absolute Gasteiger partial charge is 0.224 e. The quantitative estimate of drug-likeness (QED) is 0.276. The Morgan fingerprint density at radius 3 is 2.41 bits per heavy atom. The molecule has 2 aromatic rings. The molecular weight excluding hydrogens is 475 g/mol. The number of hydrogen-bond acceptors (Lipinski definition) is 2. The van der Waals surface area contributed by atoms with Gasteiger partial charge in [-0.3, -0.25) is 9.79 Å². The van der Waals surface area contributed by atoms with Crippen molar-refractivity contribution < 1.29 is 4.79 Å². The Morgan fingerprint density at radius 2 is 1.76 bits per heavy atom. The van der Waals surface area contributed by atoms with Crippen molar-refractivity contribution in [3.05, 3.63) is 65.7 Å². The predicted octanol–water partition coefficient (Wildman–Crippen LogP) is 4.69. The number of carbonyl (C=O) groups excluding carboxylic acids is 1. The molecule has 5 nitrogen and oxygen atoms in total. The van der Waals surface area contributed by atoms with Crippen LogP contribution in [0.15, 0.2) is 59.6 Å². The lowest BCUT2D eigenvalue weighted by Crippen LogP contribution is -2.43. The third-order valence-corrected chi connectivity index (χ3v) is 4.62. The Balaban J connectivity index is 0.00000420. The zero-order valence-corrected chi connectivity index (χ0v) is 20.1. The van der Waals surface area contributed by atoms with Crippen molar-refractivity contribution in [3.63, 3.8) is 0 Å². The standard InChI is InChI=1S/C23H32N4O.HI/c1-5-10-21(28)27-20-14-9-11-18(15-20)16-25-22(24-4)26-17-23(2,3)19-12-7-6-8-13-19;/h6-9,11-15H,5,10,16-17H2,1-4H3,(H,27,28)(H2,24,25,26);1H. The van der Waals surface area contributed by atoms with Gasteiger partial charge in [0.25, 0.3) is 0 Å². The zero-order chi connectivity index (χ0) is 20.4. The molecule has 0 bridgehead atoms. The van der Waals surface area contributed by atoms with E-state index in [1.165, 1.54) is 5.56 Å². The van der Waals surface area contributed by atoms with Gasteiger partial charge in [0, 0.05) is 37.7 Å². The van der Waals surface area contributed by atoms with Crippen LogP contribution >= 0.6 is 24.0 Å². The van der Waals surface area contributed by atoms with Gasteiger partial charge >= 0.3 is 0 Å². The first-order valence-electron chi connectivity index (χ1n) is 9.83. The van der Waals surface area contributed by atoms with E-state index in [0.29, 0.717) is 13.0 Å². The molecule has 2 rings (SSSR count). The summed E-state index contributed by atoms with van der Waals surface area (Å²) in [6.07, 6.45) is 1.38. The number of benzene rings is 2. The molecule has 0 saturated heterocycles. The first-order chi connectivity index (χ1) is 13.4. The molecule has 2 aromatic carbocycles. The molecule has 0 unspecified atom stereocenters. The number of halogens is 1. The summed E-state index contributed by atoms with van der Waals surface area (Å²) in [6.45, 7) is 7.82. The average molecular weight is 508 g/mol. The lowest BCUT2D eigenvalue weighted by molar-refractivity contribution is -0.116. The van der Waals surface area contributed by atoms with Gasteiger partial charge in [0.2, 0.25) is 5.91 Å². The second kappa shape index (κ2) is 12.5. The van der Waals surface area contributed by atoms with E-state index >= 15 is 0 Å². The largest absolute Gasteiger partial charge is 0.356 e. The number of nitrogens with zero attached hydrogens (tertiary/aromatic N) is 1. The van der Waals surface area contributed by atoms with E-state index in [2.05, 4.69) is 59.1 Å². The first kappa shape index (κ1) is 24.9. The summed E-state index contributed by atoms with van der Waals surface area (Å²) in [5.41, 5.74) is 3.18. The number of anilines is 1. The molecule has 1 amide bonds. The number of hydrogen-bond donors (Lipinski definition) is 3. The van der Waals surface area contributed by atoms with E-state index in [4.69, 9.17) is 0 Å². The van der Waals surface area contributed by atoms with E-state index < -0.39 is 0 Å². The lowest BCUT2D eigenvalue weighted by atomic mass is 9.85. The minimum absolute atomic E-state index is 0. The molecule has 0 spiro atoms. The summed E-state index contributed by atoms with van der Waals surface area (Å²) in [5.74, 6) is 0.803. The van der Waals surface area contributed by atoms with Gasteiger partial charge in [-0.2, -0.15) is 0 Å². The Morgan fingerprint density at radius 1 is 1.03 bits per heavy atom. The normalized spacial score (nSPS) is 11.4. The molecule has 0 heterocycles. The van der Waals surface area contributed by atoms with Crippen LogP contribution in [0.1, 0.15) is 44.7 Å². The van der Waals surface area contributed by atoms with E-state index in [1.807, 2.05) is 37.3 Å². The highest BCUT2D eigenvalue weighted by atomic mass is 127. The molecule has 0 fully saturated rings. The molecule has 0 atom stereocenters. The Bertz CT molecular complexity index is 790. The summed E-state index contributed by atoms with van der Waals surface area (Å²) in [7, 11) is 1.77. The fourth-order valence-corrected chi connectivity index (χ4v) is 2.91. The first-order valence-corrected chi connectivity index (χ1v) is 9.83. The van der Waals surface area contributed by atoms with Crippen LogP contribution in [0.25, 0.3) is 0 Å². The van der Waals surface area contributed by atoms with Crippen LogP contribution in [0.2, 0.25) is 0 Å². The molecule has 0 radical (unpaired) electrons. The lowest BCUT2D eigenvalue weighted by Gasteiger charge is -2.26. The molecule has 0 aliphatic heterocycles. The summed E-state index contributed by atoms with van der Waals surface area (Å²) in [6, 6.07) is 18.3. The Kier molecular flexibility index (Phi) is 10.7. The number of rotatable bonds is 8. The molecule has 158 valence electrons.